The summed E-state index contributed by atoms with van der Waals surface area (Å²) in [7, 11) is 5.87. The van der Waals surface area contributed by atoms with E-state index in [-0.39, 0.29) is 27.3 Å². The lowest BCUT2D eigenvalue weighted by atomic mass is 9.81. The number of carbonyl (C=O) groups is 7. The SMILES string of the molecule is CCOC(=O)[C@H](Cc1ccc(I)cc1)NC(=O)OC(C)(C)C.COC(=O)[C@H](Cc1ccc(C)cc1)NC(=O)OC(C)(C)C.Cc1c(I)c(=O)n(C)c(=O)n1C.Cc1cc(C(F)(F)F)c(I)c(=O)n1C.Cc1ccc(C[C@H](NC(=O)C2(CCN)CCCC2)C(=O)O)cc1.N=[N+]=NCCC1(C(=O)O)CCCC1. The van der Waals surface area contributed by atoms with Crippen molar-refractivity contribution in [2.75, 3.05) is 26.8 Å². The zero-order valence-corrected chi connectivity index (χ0v) is 68.7. The maximum Gasteiger partial charge on any atom is 0.417 e. The molecule has 0 spiro atoms. The number of benzene rings is 3. The van der Waals surface area contributed by atoms with Gasteiger partial charge < -0.3 is 55.4 Å². The van der Waals surface area contributed by atoms with Crippen molar-refractivity contribution in [2.45, 2.75) is 195 Å². The summed E-state index contributed by atoms with van der Waals surface area (Å²) in [5.74, 6) is -2.83. The van der Waals surface area contributed by atoms with Gasteiger partial charge in [-0.2, -0.15) is 13.2 Å². The number of hydrogen-bond donors (Lipinski definition) is 7. The van der Waals surface area contributed by atoms with Gasteiger partial charge >= 0.3 is 47.9 Å². The summed E-state index contributed by atoms with van der Waals surface area (Å²) < 4.78 is 62.4. The highest BCUT2D eigenvalue weighted by molar-refractivity contribution is 14.1. The second-order valence-electron chi connectivity index (χ2n) is 27.3. The van der Waals surface area contributed by atoms with Crippen LogP contribution in [-0.4, -0.2) is 122 Å². The van der Waals surface area contributed by atoms with Gasteiger partial charge in [0, 0.05) is 55.4 Å². The van der Waals surface area contributed by atoms with Crippen molar-refractivity contribution in [1.29, 1.82) is 5.53 Å². The fraction of sp³-hybridized carbons (Fsp3) is 0.534. The van der Waals surface area contributed by atoms with Crippen LogP contribution in [-0.2, 0) is 89.5 Å². The number of alkyl halides is 3. The fourth-order valence-corrected chi connectivity index (χ4v) is 12.6. The third-order valence-electron chi connectivity index (χ3n) is 16.8. The second kappa shape index (κ2) is 43.9. The van der Waals surface area contributed by atoms with E-state index in [9.17, 15) is 66.2 Å². The summed E-state index contributed by atoms with van der Waals surface area (Å²) >= 11 is 5.57. The number of rotatable bonds is 20. The molecule has 2 aromatic heterocycles. The summed E-state index contributed by atoms with van der Waals surface area (Å²) in [6, 6.07) is 21.7. The van der Waals surface area contributed by atoms with Gasteiger partial charge in [0.1, 0.15) is 46.5 Å². The van der Waals surface area contributed by atoms with Crippen LogP contribution >= 0.6 is 67.8 Å². The van der Waals surface area contributed by atoms with Crippen LogP contribution in [0.25, 0.3) is 0 Å². The number of ether oxygens (including phenoxy) is 4. The summed E-state index contributed by atoms with van der Waals surface area (Å²) in [5, 5.41) is 29.9. The number of nitrogens with two attached hydrogens (primary N) is 1. The van der Waals surface area contributed by atoms with Crippen molar-refractivity contribution < 1.29 is 75.9 Å². The molecule has 2 aliphatic carbocycles. The molecular formula is C73H101F3I3N10O16+. The zero-order valence-electron chi connectivity index (χ0n) is 62.2. The average molecular weight is 1810 g/mol. The van der Waals surface area contributed by atoms with Gasteiger partial charge in [0.15, 0.2) is 0 Å². The number of aryl methyl sites for hydroxylation is 3. The average Bonchev–Trinajstić information content (AvgIpc) is 1.50. The maximum atomic E-state index is 12.7. The Bertz CT molecular complexity index is 3910. The molecule has 3 aromatic carbocycles. The lowest BCUT2D eigenvalue weighted by Gasteiger charge is -2.29. The van der Waals surface area contributed by atoms with Crippen LogP contribution < -0.4 is 43.4 Å². The van der Waals surface area contributed by atoms with E-state index in [2.05, 4.69) is 48.6 Å². The molecule has 5 aromatic rings. The van der Waals surface area contributed by atoms with Gasteiger partial charge in [-0.3, -0.25) is 28.3 Å². The molecule has 3 amide bonds. The van der Waals surface area contributed by atoms with Crippen LogP contribution in [0.3, 0.4) is 0 Å². The van der Waals surface area contributed by atoms with Crippen LogP contribution in [0.15, 0.2) is 98.4 Å². The molecule has 8 N–H and O–H groups in total. The van der Waals surface area contributed by atoms with E-state index in [1.54, 1.807) is 62.4 Å². The first kappa shape index (κ1) is 93.5. The quantitative estimate of drug-likeness (QED) is 0.0125. The van der Waals surface area contributed by atoms with E-state index in [0.717, 1.165) is 93.4 Å². The Morgan fingerprint density at radius 3 is 1.44 bits per heavy atom. The molecule has 32 heteroatoms. The van der Waals surface area contributed by atoms with Gasteiger partial charge in [-0.25, -0.2) is 28.8 Å². The van der Waals surface area contributed by atoms with E-state index < -0.39 is 93.5 Å². The van der Waals surface area contributed by atoms with Crippen LogP contribution in [0, 0.1) is 54.8 Å². The smallest absolute Gasteiger partial charge is 0.417 e. The number of carboxylic acid groups (broad SMARTS) is 2. The lowest BCUT2D eigenvalue weighted by Crippen LogP contribution is -2.49. The molecular weight excluding hydrogens is 1710 g/mol. The summed E-state index contributed by atoms with van der Waals surface area (Å²) in [4.78, 5) is 119. The zero-order chi connectivity index (χ0) is 80.0. The number of nitrogens with one attached hydrogen (secondary N) is 4. The molecule has 580 valence electrons. The van der Waals surface area contributed by atoms with E-state index in [0.29, 0.717) is 60.2 Å². The van der Waals surface area contributed by atoms with Crippen molar-refractivity contribution in [3.8, 4) is 0 Å². The monoisotopic (exact) mass is 1810 g/mol. The van der Waals surface area contributed by atoms with Crippen LogP contribution in [0.1, 0.15) is 157 Å². The van der Waals surface area contributed by atoms with Gasteiger partial charge in [0.2, 0.25) is 10.8 Å². The number of nitrogens with zero attached hydrogens (tertiary/aromatic N) is 5. The number of aliphatic carboxylic acids is 2. The minimum Gasteiger partial charge on any atom is -0.481 e. The van der Waals surface area contributed by atoms with Gasteiger partial charge in [-0.05, 0) is 224 Å². The number of carboxylic acids is 2. The Labute approximate surface area is 651 Å². The Morgan fingerprint density at radius 2 is 1.05 bits per heavy atom. The molecule has 105 heavy (non-hydrogen) atoms. The van der Waals surface area contributed by atoms with Crippen LogP contribution in [0.5, 0.6) is 0 Å². The molecule has 7 rings (SSSR count). The van der Waals surface area contributed by atoms with Gasteiger partial charge in [-0.1, -0.05) is 97.5 Å². The maximum absolute atomic E-state index is 12.7. The second-order valence-corrected chi connectivity index (χ2v) is 30.7. The third-order valence-corrected chi connectivity index (χ3v) is 19.8. The van der Waals surface area contributed by atoms with E-state index in [1.807, 2.05) is 109 Å². The predicted molar refractivity (Wildman–Crippen MR) is 416 cm³/mol. The van der Waals surface area contributed by atoms with Crippen LogP contribution in [0.4, 0.5) is 22.8 Å². The van der Waals surface area contributed by atoms with Gasteiger partial charge in [0.05, 0.1) is 37.3 Å². The normalized spacial score (nSPS) is 14.1. The lowest BCUT2D eigenvalue weighted by molar-refractivity contribution is -0.149. The first-order valence-corrected chi connectivity index (χ1v) is 37.0. The molecule has 0 unspecified atom stereocenters. The molecule has 0 bridgehead atoms. The molecule has 2 saturated carbocycles. The van der Waals surface area contributed by atoms with Crippen molar-refractivity contribution in [1.82, 2.24) is 34.6 Å². The molecule has 0 saturated heterocycles. The Balaban J connectivity index is 0.000000435. The first-order valence-electron chi connectivity index (χ1n) is 33.8. The summed E-state index contributed by atoms with van der Waals surface area (Å²) in [5.41, 5.74) is 13.9. The number of carbonyl (C=O) groups excluding carboxylic acids is 5. The third kappa shape index (κ3) is 32.2. The van der Waals surface area contributed by atoms with E-state index in [1.165, 1.54) is 59.9 Å². The highest BCUT2D eigenvalue weighted by Crippen LogP contribution is 2.42. The number of amides is 3. The minimum absolute atomic E-state index is 0.153. The van der Waals surface area contributed by atoms with Crippen molar-refractivity contribution in [2.24, 2.45) is 42.8 Å². The fourth-order valence-electron chi connectivity index (χ4n) is 10.7. The van der Waals surface area contributed by atoms with Crippen molar-refractivity contribution in [3.63, 3.8) is 0 Å². The molecule has 3 atom stereocenters. The van der Waals surface area contributed by atoms with Crippen molar-refractivity contribution >= 4 is 110 Å². The highest BCUT2D eigenvalue weighted by atomic mass is 127. The number of methoxy groups -OCH3 is 1. The largest absolute Gasteiger partial charge is 0.481 e. The molecule has 2 aliphatic rings. The Hall–Kier alpha value is -7.57. The number of alkyl carbamates (subject to hydrolysis) is 2. The van der Waals surface area contributed by atoms with Crippen LogP contribution in [0.2, 0.25) is 0 Å². The Morgan fingerprint density at radius 1 is 0.629 bits per heavy atom. The standard InChI is InChI=1S/C18H26N2O3.C16H22INO4.C16H23NO4.C8H7F3INO.C8H13N3O2.C7H9IN2O2/c1-13-4-6-14(7-5-13)12-15(16(21)22)20-17(23)18(10-11-19)8-2-3-9-18;1-5-21-14(19)13(18-15(20)22-16(2,3)4)10-11-6-8-12(17)9-7-11;1-11-6-8-12(9-7-11)10-13(14(18)20-5)17-15(19)21-16(2,3)4;1-4-3-5(8(9,10)11)6(12)7(14)13(4)2;9-11-10-6-5-8(7(12)13)3-1-2-4-8;1-4-5(8)6(11)10(3)7(12)9(4)2/h4-7,15H,2-3,8-12,19H2,1H3,(H,20,23)(H,21,22);6-9,13H,5,10H2,1-4H3,(H,18,20);6-9,13H,10H2,1-5H3,(H,17,19);3H,1-2H3;9H,1-6H2;1-3H3/p+1/t15-;2*13-;;;/m000.../s1. The van der Waals surface area contributed by atoms with E-state index >= 15 is 0 Å². The number of halogens is 6. The number of esters is 2. The molecule has 0 radical (unpaired) electrons. The molecule has 2 heterocycles. The topological polar surface area (TPSA) is 375 Å². The summed E-state index contributed by atoms with van der Waals surface area (Å²) in [6.45, 7) is 20.6. The predicted octanol–water partition coefficient (Wildman–Crippen LogP) is 11.8. The Kier molecular flexibility index (Phi) is 39.1. The highest BCUT2D eigenvalue weighted by Gasteiger charge is 2.43. The minimum atomic E-state index is -4.46. The number of hydrogen-bond acceptors (Lipinski definition) is 17. The van der Waals surface area contributed by atoms with Crippen molar-refractivity contribution in [3.05, 3.63) is 166 Å². The van der Waals surface area contributed by atoms with Gasteiger partial charge in [-0.15, -0.1) is 0 Å². The number of aromatic nitrogens is 3. The van der Waals surface area contributed by atoms with E-state index in [4.69, 9.17) is 35.3 Å². The number of pyridine rings is 1. The molecule has 2 fully saturated rings. The molecule has 26 nitrogen and oxygen atoms in total. The summed E-state index contributed by atoms with van der Waals surface area (Å²) in [6.07, 6.45) is 3.49. The van der Waals surface area contributed by atoms with Gasteiger partial charge in [0.25, 0.3) is 11.1 Å². The first-order chi connectivity index (χ1) is 48.8. The molecule has 0 aliphatic heterocycles.